The van der Waals surface area contributed by atoms with Crippen molar-refractivity contribution in [3.05, 3.63) is 23.7 Å². The topological polar surface area (TPSA) is 43.6 Å². The summed E-state index contributed by atoms with van der Waals surface area (Å²) >= 11 is 0. The lowest BCUT2D eigenvalue weighted by atomic mass is 10.3. The number of ether oxygens (including phenoxy) is 2. The molecule has 0 aromatic carbocycles. The Hall–Kier alpha value is -0.840. The van der Waals surface area contributed by atoms with Crippen LogP contribution in [0.1, 0.15) is 37.7 Å². The molecule has 1 heterocycles. The highest BCUT2D eigenvalue weighted by Gasteiger charge is 2.36. The first kappa shape index (κ1) is 13.6. The molecule has 0 aliphatic heterocycles. The fourth-order valence-corrected chi connectivity index (χ4v) is 2.27. The molecule has 18 heavy (non-hydrogen) atoms. The van der Waals surface area contributed by atoms with Crippen LogP contribution in [-0.2, 0) is 16.0 Å². The lowest BCUT2D eigenvalue weighted by Gasteiger charge is -2.21. The summed E-state index contributed by atoms with van der Waals surface area (Å²) in [5.41, 5.74) is 0. The molecule has 0 spiro atoms. The Kier molecular flexibility index (Phi) is 4.43. The van der Waals surface area contributed by atoms with Crippen molar-refractivity contribution in [2.24, 2.45) is 5.92 Å². The third kappa shape index (κ3) is 3.13. The molecule has 3 unspecified atom stereocenters. The van der Waals surface area contributed by atoms with Crippen LogP contribution in [0.4, 0.5) is 0 Å². The Morgan fingerprint density at radius 2 is 2.06 bits per heavy atom. The van der Waals surface area contributed by atoms with Gasteiger partial charge in [0.15, 0.2) is 6.29 Å². The molecular formula is C14H23NO3. The van der Waals surface area contributed by atoms with Crippen molar-refractivity contribution in [2.75, 3.05) is 14.2 Å². The maximum atomic E-state index is 5.83. The van der Waals surface area contributed by atoms with E-state index in [0.717, 1.165) is 17.4 Å². The van der Waals surface area contributed by atoms with Gasteiger partial charge in [-0.3, -0.25) is 0 Å². The van der Waals surface area contributed by atoms with Crippen LogP contribution in [0.25, 0.3) is 0 Å². The van der Waals surface area contributed by atoms with E-state index in [2.05, 4.69) is 24.4 Å². The average molecular weight is 253 g/mol. The zero-order valence-electron chi connectivity index (χ0n) is 11.6. The number of nitrogens with one attached hydrogen (secondary N) is 1. The molecule has 4 heteroatoms. The Morgan fingerprint density at radius 1 is 1.39 bits per heavy atom. The van der Waals surface area contributed by atoms with E-state index in [1.807, 2.05) is 6.92 Å². The number of furan rings is 1. The monoisotopic (exact) mass is 253 g/mol. The van der Waals surface area contributed by atoms with Gasteiger partial charge in [-0.1, -0.05) is 6.92 Å². The SMILES string of the molecule is COC(OC)C(C)NCc1ccc(C2CC2C)o1. The number of methoxy groups -OCH3 is 2. The fourth-order valence-electron chi connectivity index (χ4n) is 2.27. The molecule has 0 saturated heterocycles. The Labute approximate surface area is 109 Å². The highest BCUT2D eigenvalue weighted by molar-refractivity contribution is 5.17. The lowest BCUT2D eigenvalue weighted by Crippen LogP contribution is -2.39. The minimum absolute atomic E-state index is 0.119. The normalized spacial score (nSPS) is 24.5. The van der Waals surface area contributed by atoms with Crippen molar-refractivity contribution in [3.63, 3.8) is 0 Å². The van der Waals surface area contributed by atoms with Gasteiger partial charge in [0.1, 0.15) is 11.5 Å². The van der Waals surface area contributed by atoms with Crippen molar-refractivity contribution in [3.8, 4) is 0 Å². The zero-order chi connectivity index (χ0) is 13.1. The average Bonchev–Trinajstić information content (AvgIpc) is 2.92. The second-order valence-corrected chi connectivity index (χ2v) is 5.13. The molecule has 1 aliphatic carbocycles. The molecule has 1 saturated carbocycles. The van der Waals surface area contributed by atoms with Crippen LogP contribution in [0.5, 0.6) is 0 Å². The van der Waals surface area contributed by atoms with Gasteiger partial charge in [0.05, 0.1) is 12.6 Å². The summed E-state index contributed by atoms with van der Waals surface area (Å²) in [7, 11) is 3.29. The summed E-state index contributed by atoms with van der Waals surface area (Å²) in [6.07, 6.45) is 1.02. The standard InChI is InChI=1S/C14H23NO3/c1-9-7-12(9)13-6-5-11(18-13)8-15-10(2)14(16-3)17-4/h5-6,9-10,12,14-15H,7-8H2,1-4H3. The Bertz CT molecular complexity index is 373. The summed E-state index contributed by atoms with van der Waals surface area (Å²) in [4.78, 5) is 0. The summed E-state index contributed by atoms with van der Waals surface area (Å²) in [5, 5.41) is 3.34. The van der Waals surface area contributed by atoms with Crippen LogP contribution in [-0.4, -0.2) is 26.6 Å². The fraction of sp³-hybridized carbons (Fsp3) is 0.714. The van der Waals surface area contributed by atoms with E-state index in [1.54, 1.807) is 14.2 Å². The van der Waals surface area contributed by atoms with Gasteiger partial charge in [-0.25, -0.2) is 0 Å². The minimum Gasteiger partial charge on any atom is -0.464 e. The second kappa shape index (κ2) is 5.87. The van der Waals surface area contributed by atoms with Crippen molar-refractivity contribution >= 4 is 0 Å². The lowest BCUT2D eigenvalue weighted by molar-refractivity contribution is -0.119. The molecule has 4 nitrogen and oxygen atoms in total. The van der Waals surface area contributed by atoms with Gasteiger partial charge >= 0.3 is 0 Å². The molecule has 1 aliphatic rings. The molecule has 1 aromatic heterocycles. The van der Waals surface area contributed by atoms with Gasteiger partial charge in [-0.2, -0.15) is 0 Å². The van der Waals surface area contributed by atoms with Gasteiger partial charge in [-0.15, -0.1) is 0 Å². The summed E-state index contributed by atoms with van der Waals surface area (Å²) in [5.74, 6) is 3.52. The van der Waals surface area contributed by atoms with Gasteiger partial charge in [0.25, 0.3) is 0 Å². The number of rotatable bonds is 7. The van der Waals surface area contributed by atoms with E-state index in [0.29, 0.717) is 12.5 Å². The first-order valence-electron chi connectivity index (χ1n) is 6.53. The van der Waals surface area contributed by atoms with Gasteiger partial charge in [0.2, 0.25) is 0 Å². The molecule has 3 atom stereocenters. The van der Waals surface area contributed by atoms with Gasteiger partial charge < -0.3 is 19.2 Å². The van der Waals surface area contributed by atoms with E-state index in [9.17, 15) is 0 Å². The Morgan fingerprint density at radius 3 is 2.61 bits per heavy atom. The summed E-state index contributed by atoms with van der Waals surface area (Å²) in [6.45, 7) is 4.99. The van der Waals surface area contributed by atoms with Crippen molar-refractivity contribution in [1.82, 2.24) is 5.32 Å². The molecule has 102 valence electrons. The molecule has 0 bridgehead atoms. The third-order valence-electron chi connectivity index (χ3n) is 3.63. The molecule has 1 aromatic rings. The summed E-state index contributed by atoms with van der Waals surface area (Å²) < 4.78 is 16.2. The molecular weight excluding hydrogens is 230 g/mol. The number of hydrogen-bond acceptors (Lipinski definition) is 4. The smallest absolute Gasteiger partial charge is 0.171 e. The van der Waals surface area contributed by atoms with Crippen LogP contribution in [0.15, 0.2) is 16.5 Å². The first-order valence-corrected chi connectivity index (χ1v) is 6.53. The van der Waals surface area contributed by atoms with Crippen LogP contribution in [0.3, 0.4) is 0 Å². The third-order valence-corrected chi connectivity index (χ3v) is 3.63. The van der Waals surface area contributed by atoms with Crippen molar-refractivity contribution in [2.45, 2.75) is 45.1 Å². The van der Waals surface area contributed by atoms with E-state index in [1.165, 1.54) is 6.42 Å². The van der Waals surface area contributed by atoms with E-state index in [-0.39, 0.29) is 12.3 Å². The molecule has 0 amide bonds. The largest absolute Gasteiger partial charge is 0.464 e. The van der Waals surface area contributed by atoms with E-state index < -0.39 is 0 Å². The van der Waals surface area contributed by atoms with Crippen LogP contribution in [0.2, 0.25) is 0 Å². The maximum Gasteiger partial charge on any atom is 0.171 e. The highest BCUT2D eigenvalue weighted by atomic mass is 16.7. The van der Waals surface area contributed by atoms with Crippen LogP contribution < -0.4 is 5.32 Å². The van der Waals surface area contributed by atoms with Gasteiger partial charge in [-0.05, 0) is 31.4 Å². The van der Waals surface area contributed by atoms with E-state index >= 15 is 0 Å². The second-order valence-electron chi connectivity index (χ2n) is 5.13. The maximum absolute atomic E-state index is 5.83. The molecule has 1 N–H and O–H groups in total. The predicted molar refractivity (Wildman–Crippen MR) is 69.3 cm³/mol. The van der Waals surface area contributed by atoms with Crippen molar-refractivity contribution in [1.29, 1.82) is 0 Å². The van der Waals surface area contributed by atoms with Crippen LogP contribution in [0, 0.1) is 5.92 Å². The van der Waals surface area contributed by atoms with Gasteiger partial charge in [0, 0.05) is 20.1 Å². The quantitative estimate of drug-likeness (QED) is 0.758. The zero-order valence-corrected chi connectivity index (χ0v) is 11.6. The number of hydrogen-bond donors (Lipinski definition) is 1. The van der Waals surface area contributed by atoms with Crippen molar-refractivity contribution < 1.29 is 13.9 Å². The summed E-state index contributed by atoms with van der Waals surface area (Å²) in [6, 6.07) is 4.27. The molecule has 1 fully saturated rings. The molecule has 0 radical (unpaired) electrons. The molecule has 2 rings (SSSR count). The minimum atomic E-state index is -0.233. The Balaban J connectivity index is 1.81. The van der Waals surface area contributed by atoms with E-state index in [4.69, 9.17) is 13.9 Å². The van der Waals surface area contributed by atoms with Crippen LogP contribution >= 0.6 is 0 Å². The predicted octanol–water partition coefficient (Wildman–Crippen LogP) is 2.50. The highest BCUT2D eigenvalue weighted by Crippen LogP contribution is 2.47. The first-order chi connectivity index (χ1) is 8.65.